The second kappa shape index (κ2) is 4.92. The van der Waals surface area contributed by atoms with Gasteiger partial charge in [-0.1, -0.05) is 18.0 Å². The molecule has 3 rings (SSSR count). The van der Waals surface area contributed by atoms with Gasteiger partial charge in [-0.05, 0) is 37.6 Å². The molecule has 0 amide bonds. The lowest BCUT2D eigenvalue weighted by molar-refractivity contribution is 0.115. The molecule has 0 radical (unpaired) electrons. The summed E-state index contributed by atoms with van der Waals surface area (Å²) in [5, 5.41) is 15.6. The van der Waals surface area contributed by atoms with Crippen LogP contribution >= 0.6 is 11.6 Å². The molecule has 1 fully saturated rings. The minimum atomic E-state index is -0.475. The summed E-state index contributed by atoms with van der Waals surface area (Å²) in [5.74, 6) is 0. The van der Waals surface area contributed by atoms with Crippen LogP contribution in [0.4, 0.5) is 0 Å². The zero-order valence-electron chi connectivity index (χ0n) is 10.1. The molecule has 3 N–H and O–H groups in total. The largest absolute Gasteiger partial charge is 0.387 e. The van der Waals surface area contributed by atoms with E-state index in [2.05, 4.69) is 10.3 Å². The lowest BCUT2D eigenvalue weighted by Crippen LogP contribution is -2.38. The van der Waals surface area contributed by atoms with E-state index in [-0.39, 0.29) is 6.04 Å². The molecule has 4 heteroatoms. The number of fused-ring (bicyclic) bond motifs is 1. The Morgan fingerprint density at radius 3 is 3.00 bits per heavy atom. The van der Waals surface area contributed by atoms with Crippen molar-refractivity contribution in [1.82, 2.24) is 10.3 Å². The number of piperidine rings is 1. The average Bonchev–Trinajstić information content (AvgIpc) is 2.82. The molecule has 1 aromatic heterocycles. The van der Waals surface area contributed by atoms with Crippen molar-refractivity contribution < 1.29 is 5.11 Å². The van der Waals surface area contributed by atoms with Crippen LogP contribution in [0.15, 0.2) is 24.4 Å². The van der Waals surface area contributed by atoms with Crippen molar-refractivity contribution in [2.45, 2.75) is 31.4 Å². The Morgan fingerprint density at radius 2 is 2.22 bits per heavy atom. The van der Waals surface area contributed by atoms with Crippen molar-refractivity contribution in [2.24, 2.45) is 0 Å². The third-order valence-corrected chi connectivity index (χ3v) is 3.96. The maximum absolute atomic E-state index is 10.5. The van der Waals surface area contributed by atoms with Gasteiger partial charge in [0.25, 0.3) is 0 Å². The number of hydrogen-bond acceptors (Lipinski definition) is 2. The zero-order valence-corrected chi connectivity index (χ0v) is 10.9. The van der Waals surface area contributed by atoms with E-state index in [0.29, 0.717) is 5.02 Å². The lowest BCUT2D eigenvalue weighted by Gasteiger charge is -2.27. The van der Waals surface area contributed by atoms with Gasteiger partial charge in [0.05, 0.1) is 6.10 Å². The molecular formula is C14H17ClN2O. The van der Waals surface area contributed by atoms with Gasteiger partial charge < -0.3 is 15.4 Å². The molecule has 2 atom stereocenters. The Labute approximate surface area is 111 Å². The van der Waals surface area contributed by atoms with Crippen LogP contribution in [0.3, 0.4) is 0 Å². The summed E-state index contributed by atoms with van der Waals surface area (Å²) < 4.78 is 0. The van der Waals surface area contributed by atoms with E-state index in [4.69, 9.17) is 11.6 Å². The van der Waals surface area contributed by atoms with E-state index >= 15 is 0 Å². The van der Waals surface area contributed by atoms with Crippen LogP contribution < -0.4 is 5.32 Å². The molecule has 2 unspecified atom stereocenters. The Balaban J connectivity index is 1.95. The third-order valence-electron chi connectivity index (χ3n) is 3.72. The van der Waals surface area contributed by atoms with Crippen LogP contribution in [0.5, 0.6) is 0 Å². The highest BCUT2D eigenvalue weighted by atomic mass is 35.5. The maximum atomic E-state index is 10.5. The smallest absolute Gasteiger partial charge is 0.0963 e. The van der Waals surface area contributed by atoms with Gasteiger partial charge in [0.2, 0.25) is 0 Å². The van der Waals surface area contributed by atoms with Crippen LogP contribution in [-0.2, 0) is 0 Å². The molecule has 3 nitrogen and oxygen atoms in total. The summed E-state index contributed by atoms with van der Waals surface area (Å²) >= 11 is 6.03. The Hall–Kier alpha value is -1.03. The number of nitrogens with one attached hydrogen (secondary N) is 2. The number of aromatic nitrogens is 1. The zero-order chi connectivity index (χ0) is 12.5. The highest BCUT2D eigenvalue weighted by Crippen LogP contribution is 2.30. The molecule has 0 spiro atoms. The van der Waals surface area contributed by atoms with Crippen molar-refractivity contribution in [1.29, 1.82) is 0 Å². The molecule has 0 bridgehead atoms. The molecule has 0 saturated carbocycles. The molecule has 1 aromatic carbocycles. The Morgan fingerprint density at radius 1 is 1.33 bits per heavy atom. The number of aliphatic hydroxyl groups is 1. The first kappa shape index (κ1) is 12.0. The third kappa shape index (κ3) is 2.14. The standard InChI is InChI=1S/C14H17ClN2O/c15-9-4-5-12-10(7-9)11(8-17-12)14(18)13-3-1-2-6-16-13/h4-5,7-8,13-14,16-18H,1-3,6H2. The number of benzene rings is 1. The highest BCUT2D eigenvalue weighted by Gasteiger charge is 2.24. The second-order valence-corrected chi connectivity index (χ2v) is 5.37. The minimum absolute atomic E-state index is 0.150. The van der Waals surface area contributed by atoms with Gasteiger partial charge >= 0.3 is 0 Å². The number of rotatable bonds is 2. The molecule has 1 saturated heterocycles. The van der Waals surface area contributed by atoms with E-state index in [1.165, 1.54) is 12.8 Å². The van der Waals surface area contributed by atoms with Crippen LogP contribution in [0, 0.1) is 0 Å². The Kier molecular flexibility index (Phi) is 3.29. The summed E-state index contributed by atoms with van der Waals surface area (Å²) in [7, 11) is 0. The summed E-state index contributed by atoms with van der Waals surface area (Å²) in [6.45, 7) is 0.991. The molecule has 1 aliphatic rings. The van der Waals surface area contributed by atoms with Crippen molar-refractivity contribution in [3.8, 4) is 0 Å². The van der Waals surface area contributed by atoms with Gasteiger partial charge in [-0.25, -0.2) is 0 Å². The summed E-state index contributed by atoms with van der Waals surface area (Å²) in [5.41, 5.74) is 1.95. The first-order valence-electron chi connectivity index (χ1n) is 6.44. The van der Waals surface area contributed by atoms with Gasteiger partial charge in [0.1, 0.15) is 0 Å². The fraction of sp³-hybridized carbons (Fsp3) is 0.429. The van der Waals surface area contributed by atoms with E-state index in [9.17, 15) is 5.11 Å². The molecular weight excluding hydrogens is 248 g/mol. The number of halogens is 1. The molecule has 2 aromatic rings. The first-order valence-corrected chi connectivity index (χ1v) is 6.81. The Bertz CT molecular complexity index is 546. The van der Waals surface area contributed by atoms with E-state index < -0.39 is 6.10 Å². The van der Waals surface area contributed by atoms with E-state index in [1.54, 1.807) is 0 Å². The topological polar surface area (TPSA) is 48.0 Å². The quantitative estimate of drug-likeness (QED) is 0.781. The first-order chi connectivity index (χ1) is 8.75. The fourth-order valence-electron chi connectivity index (χ4n) is 2.72. The average molecular weight is 265 g/mol. The molecule has 18 heavy (non-hydrogen) atoms. The van der Waals surface area contributed by atoms with Gasteiger partial charge in [-0.2, -0.15) is 0 Å². The predicted octanol–water partition coefficient (Wildman–Crippen LogP) is 3.00. The van der Waals surface area contributed by atoms with Crippen molar-refractivity contribution in [3.05, 3.63) is 35.0 Å². The summed E-state index contributed by atoms with van der Waals surface area (Å²) in [6.07, 6.45) is 4.81. The summed E-state index contributed by atoms with van der Waals surface area (Å²) in [4.78, 5) is 3.19. The molecule has 2 heterocycles. The van der Waals surface area contributed by atoms with Crippen LogP contribution in [-0.4, -0.2) is 22.7 Å². The highest BCUT2D eigenvalue weighted by molar-refractivity contribution is 6.31. The minimum Gasteiger partial charge on any atom is -0.387 e. The second-order valence-electron chi connectivity index (χ2n) is 4.94. The van der Waals surface area contributed by atoms with Crippen molar-refractivity contribution >= 4 is 22.5 Å². The van der Waals surface area contributed by atoms with Crippen molar-refractivity contribution in [2.75, 3.05) is 6.54 Å². The number of H-pyrrole nitrogens is 1. The van der Waals surface area contributed by atoms with Gasteiger partial charge in [-0.15, -0.1) is 0 Å². The van der Waals surface area contributed by atoms with Crippen LogP contribution in [0.1, 0.15) is 30.9 Å². The predicted molar refractivity (Wildman–Crippen MR) is 73.9 cm³/mol. The fourth-order valence-corrected chi connectivity index (χ4v) is 2.90. The molecule has 96 valence electrons. The maximum Gasteiger partial charge on any atom is 0.0963 e. The summed E-state index contributed by atoms with van der Waals surface area (Å²) in [6, 6.07) is 5.86. The van der Waals surface area contributed by atoms with Gasteiger partial charge in [-0.3, -0.25) is 0 Å². The number of aromatic amines is 1. The monoisotopic (exact) mass is 264 g/mol. The normalized spacial score (nSPS) is 22.2. The number of hydrogen-bond donors (Lipinski definition) is 3. The molecule has 0 aliphatic carbocycles. The van der Waals surface area contributed by atoms with Gasteiger partial charge in [0, 0.05) is 33.7 Å². The number of aliphatic hydroxyl groups excluding tert-OH is 1. The lowest BCUT2D eigenvalue weighted by atomic mass is 9.95. The molecule has 1 aliphatic heterocycles. The van der Waals surface area contributed by atoms with E-state index in [0.717, 1.165) is 29.4 Å². The van der Waals surface area contributed by atoms with Crippen LogP contribution in [0.2, 0.25) is 5.02 Å². The van der Waals surface area contributed by atoms with Gasteiger partial charge in [0.15, 0.2) is 0 Å². The van der Waals surface area contributed by atoms with Crippen molar-refractivity contribution in [3.63, 3.8) is 0 Å². The van der Waals surface area contributed by atoms with Crippen LogP contribution in [0.25, 0.3) is 10.9 Å². The van der Waals surface area contributed by atoms with E-state index in [1.807, 2.05) is 24.4 Å². The SMILES string of the molecule is OC(c1c[nH]c2ccc(Cl)cc12)C1CCCCN1.